The molecule has 3 rings (SSSR count). The van der Waals surface area contributed by atoms with Crippen LogP contribution < -0.4 is 10.6 Å². The van der Waals surface area contributed by atoms with E-state index in [0.29, 0.717) is 29.2 Å². The van der Waals surface area contributed by atoms with Crippen molar-refractivity contribution >= 4 is 17.4 Å². The minimum Gasteiger partial charge on any atom is -0.364 e. The highest BCUT2D eigenvalue weighted by molar-refractivity contribution is 6.07. The second kappa shape index (κ2) is 7.96. The molecule has 2 heterocycles. The molecule has 1 amide bonds. The lowest BCUT2D eigenvalue weighted by Gasteiger charge is -2.11. The quantitative estimate of drug-likeness (QED) is 0.722. The number of carbonyl (C=O) groups excluding carboxylic acids is 1. The van der Waals surface area contributed by atoms with Crippen LogP contribution in [0.1, 0.15) is 21.6 Å². The van der Waals surface area contributed by atoms with Crippen LogP contribution in [-0.4, -0.2) is 20.9 Å². The Hall–Kier alpha value is -3.35. The third kappa shape index (κ3) is 4.35. The molecule has 7 heteroatoms. The van der Waals surface area contributed by atoms with E-state index in [9.17, 15) is 9.18 Å². The van der Waals surface area contributed by atoms with E-state index in [1.54, 1.807) is 54.9 Å². The van der Waals surface area contributed by atoms with E-state index in [0.717, 1.165) is 5.69 Å². The van der Waals surface area contributed by atoms with Crippen LogP contribution in [0.2, 0.25) is 0 Å². The Morgan fingerprint density at radius 1 is 1.04 bits per heavy atom. The van der Waals surface area contributed by atoms with Crippen LogP contribution in [0.4, 0.5) is 15.9 Å². The molecule has 25 heavy (non-hydrogen) atoms. The highest BCUT2D eigenvalue weighted by Gasteiger charge is 2.12. The third-order valence-corrected chi connectivity index (χ3v) is 3.50. The molecule has 0 radical (unpaired) electrons. The van der Waals surface area contributed by atoms with Crippen molar-refractivity contribution in [1.82, 2.24) is 15.0 Å². The van der Waals surface area contributed by atoms with Gasteiger partial charge in [0.25, 0.3) is 5.91 Å². The normalized spacial score (nSPS) is 10.3. The average Bonchev–Trinajstić information content (AvgIpc) is 2.68. The lowest BCUT2D eigenvalue weighted by Crippen LogP contribution is -2.16. The second-order valence-corrected chi connectivity index (χ2v) is 5.24. The van der Waals surface area contributed by atoms with Gasteiger partial charge in [-0.05, 0) is 35.9 Å². The molecule has 0 aliphatic heterocycles. The van der Waals surface area contributed by atoms with Crippen molar-refractivity contribution in [2.24, 2.45) is 0 Å². The second-order valence-electron chi connectivity index (χ2n) is 5.24. The van der Waals surface area contributed by atoms with Crippen LogP contribution in [-0.2, 0) is 13.2 Å². The van der Waals surface area contributed by atoms with Crippen molar-refractivity contribution in [1.29, 1.82) is 0 Å². The molecule has 0 aliphatic rings. The molecule has 2 N–H and O–H groups in total. The Balaban J connectivity index is 1.71. The summed E-state index contributed by atoms with van der Waals surface area (Å²) in [6.45, 7) is -0.112. The van der Waals surface area contributed by atoms with Crippen molar-refractivity contribution in [3.63, 3.8) is 0 Å². The lowest BCUT2D eigenvalue weighted by atomic mass is 10.2. The molecular formula is C18H16FN5O. The molecular weight excluding hydrogens is 321 g/mol. The molecule has 126 valence electrons. The standard InChI is InChI=1S/C18H16FN5O/c19-10-13-3-5-14(6-4-13)24-18(25)16-2-1-8-21-17(16)22-11-15-7-9-20-12-23-15/h1-9,12H,10-11H2,(H,21,22)(H,24,25). The first-order valence-corrected chi connectivity index (χ1v) is 7.66. The molecule has 0 bridgehead atoms. The molecule has 0 saturated heterocycles. The summed E-state index contributed by atoms with van der Waals surface area (Å²) in [6, 6.07) is 11.7. The van der Waals surface area contributed by atoms with Crippen LogP contribution in [0.15, 0.2) is 61.2 Å². The Labute approximate surface area is 144 Å². The average molecular weight is 337 g/mol. The van der Waals surface area contributed by atoms with Crippen LogP contribution >= 0.6 is 0 Å². The molecule has 0 fully saturated rings. The van der Waals surface area contributed by atoms with E-state index in [1.165, 1.54) is 6.33 Å². The van der Waals surface area contributed by atoms with Gasteiger partial charge in [0.1, 0.15) is 18.8 Å². The number of rotatable bonds is 6. The number of carbonyl (C=O) groups is 1. The molecule has 0 atom stereocenters. The van der Waals surface area contributed by atoms with Gasteiger partial charge in [0, 0.05) is 18.1 Å². The summed E-state index contributed by atoms with van der Waals surface area (Å²) >= 11 is 0. The Bertz CT molecular complexity index is 840. The lowest BCUT2D eigenvalue weighted by molar-refractivity contribution is 0.102. The van der Waals surface area contributed by atoms with Gasteiger partial charge in [0.15, 0.2) is 0 Å². The van der Waals surface area contributed by atoms with Crippen LogP contribution in [0, 0.1) is 0 Å². The Kier molecular flexibility index (Phi) is 5.26. The minimum atomic E-state index is -0.534. The number of nitrogens with zero attached hydrogens (tertiary/aromatic N) is 3. The predicted octanol–water partition coefficient (Wildman–Crippen LogP) is 3.21. The van der Waals surface area contributed by atoms with Crippen molar-refractivity contribution in [3.05, 3.63) is 78.0 Å². The summed E-state index contributed by atoms with van der Waals surface area (Å²) in [6.07, 6.45) is 4.72. The van der Waals surface area contributed by atoms with E-state index < -0.39 is 6.67 Å². The van der Waals surface area contributed by atoms with E-state index in [-0.39, 0.29) is 5.91 Å². The monoisotopic (exact) mass is 337 g/mol. The van der Waals surface area contributed by atoms with Gasteiger partial charge in [0.2, 0.25) is 0 Å². The van der Waals surface area contributed by atoms with Crippen LogP contribution in [0.5, 0.6) is 0 Å². The number of alkyl halides is 1. The number of hydrogen-bond acceptors (Lipinski definition) is 5. The molecule has 0 spiro atoms. The maximum atomic E-state index is 12.5. The van der Waals surface area contributed by atoms with Crippen molar-refractivity contribution < 1.29 is 9.18 Å². The fraction of sp³-hybridized carbons (Fsp3) is 0.111. The summed E-state index contributed by atoms with van der Waals surface area (Å²) in [4.78, 5) is 24.7. The summed E-state index contributed by atoms with van der Waals surface area (Å²) < 4.78 is 12.5. The van der Waals surface area contributed by atoms with Gasteiger partial charge in [-0.25, -0.2) is 19.3 Å². The fourth-order valence-electron chi connectivity index (χ4n) is 2.20. The molecule has 0 aliphatic carbocycles. The highest BCUT2D eigenvalue weighted by Crippen LogP contribution is 2.16. The molecule has 3 aromatic rings. The Morgan fingerprint density at radius 3 is 2.60 bits per heavy atom. The SMILES string of the molecule is O=C(Nc1ccc(CF)cc1)c1cccnc1NCc1ccncn1. The van der Waals surface area contributed by atoms with Gasteiger partial charge in [-0.2, -0.15) is 0 Å². The minimum absolute atomic E-state index is 0.300. The van der Waals surface area contributed by atoms with Crippen LogP contribution in [0.3, 0.4) is 0 Å². The molecule has 0 saturated carbocycles. The topological polar surface area (TPSA) is 79.8 Å². The first-order valence-electron chi connectivity index (χ1n) is 7.66. The van der Waals surface area contributed by atoms with E-state index in [4.69, 9.17) is 0 Å². The smallest absolute Gasteiger partial charge is 0.259 e. The first-order chi connectivity index (χ1) is 12.3. The number of hydrogen-bond donors (Lipinski definition) is 2. The summed E-state index contributed by atoms with van der Waals surface area (Å²) in [5.41, 5.74) is 2.35. The van der Waals surface area contributed by atoms with Gasteiger partial charge in [-0.15, -0.1) is 0 Å². The number of amides is 1. The van der Waals surface area contributed by atoms with Gasteiger partial charge in [0.05, 0.1) is 17.8 Å². The van der Waals surface area contributed by atoms with Gasteiger partial charge >= 0.3 is 0 Å². The van der Waals surface area contributed by atoms with E-state index in [2.05, 4.69) is 25.6 Å². The zero-order chi connectivity index (χ0) is 17.5. The molecule has 2 aromatic heterocycles. The van der Waals surface area contributed by atoms with Crippen molar-refractivity contribution in [2.45, 2.75) is 13.2 Å². The molecule has 0 unspecified atom stereocenters. The molecule has 1 aromatic carbocycles. The number of nitrogens with one attached hydrogen (secondary N) is 2. The third-order valence-electron chi connectivity index (χ3n) is 3.50. The predicted molar refractivity (Wildman–Crippen MR) is 92.8 cm³/mol. The molecule has 6 nitrogen and oxygen atoms in total. The number of halogens is 1. The maximum absolute atomic E-state index is 12.5. The van der Waals surface area contributed by atoms with E-state index in [1.807, 2.05) is 0 Å². The zero-order valence-electron chi connectivity index (χ0n) is 13.3. The number of pyridine rings is 1. The van der Waals surface area contributed by atoms with Gasteiger partial charge in [-0.1, -0.05) is 12.1 Å². The summed E-state index contributed by atoms with van der Waals surface area (Å²) in [7, 11) is 0. The van der Waals surface area contributed by atoms with Crippen molar-refractivity contribution in [3.8, 4) is 0 Å². The summed E-state index contributed by atoms with van der Waals surface area (Å²) in [5.74, 6) is 0.158. The summed E-state index contributed by atoms with van der Waals surface area (Å²) in [5, 5.41) is 5.88. The van der Waals surface area contributed by atoms with Gasteiger partial charge in [-0.3, -0.25) is 4.79 Å². The number of anilines is 2. The largest absolute Gasteiger partial charge is 0.364 e. The first kappa shape index (κ1) is 16.5. The zero-order valence-corrected chi connectivity index (χ0v) is 13.3. The number of aromatic nitrogens is 3. The van der Waals surface area contributed by atoms with Gasteiger partial charge < -0.3 is 10.6 Å². The van der Waals surface area contributed by atoms with Crippen molar-refractivity contribution in [2.75, 3.05) is 10.6 Å². The number of benzene rings is 1. The highest BCUT2D eigenvalue weighted by atomic mass is 19.1. The van der Waals surface area contributed by atoms with Crippen LogP contribution in [0.25, 0.3) is 0 Å². The Morgan fingerprint density at radius 2 is 1.88 bits per heavy atom. The fourth-order valence-corrected chi connectivity index (χ4v) is 2.20. The van der Waals surface area contributed by atoms with E-state index >= 15 is 0 Å². The maximum Gasteiger partial charge on any atom is 0.259 e.